The van der Waals surface area contributed by atoms with Gasteiger partial charge in [0.2, 0.25) is 0 Å². The third-order valence-corrected chi connectivity index (χ3v) is 2.72. The van der Waals surface area contributed by atoms with Gasteiger partial charge in [0, 0.05) is 11.7 Å². The van der Waals surface area contributed by atoms with Gasteiger partial charge in [-0.3, -0.25) is 4.79 Å². The van der Waals surface area contributed by atoms with Crippen LogP contribution in [0.1, 0.15) is 10.4 Å². The Kier molecular flexibility index (Phi) is 3.32. The number of nitrogens with zero attached hydrogens (tertiary/aromatic N) is 1. The summed E-state index contributed by atoms with van der Waals surface area (Å²) in [7, 11) is 2.67. The van der Waals surface area contributed by atoms with E-state index in [2.05, 4.69) is 9.47 Å². The van der Waals surface area contributed by atoms with E-state index in [4.69, 9.17) is 0 Å². The predicted octanol–water partition coefficient (Wildman–Crippen LogP) is 1.60. The van der Waals surface area contributed by atoms with Gasteiger partial charge in [-0.25, -0.2) is 4.79 Å². The number of aromatic nitrogens is 1. The zero-order valence-electron chi connectivity index (χ0n) is 10.2. The number of hydrogen-bond acceptors (Lipinski definition) is 4. The molecule has 0 atom stereocenters. The molecular formula is C13H13NO4. The second kappa shape index (κ2) is 4.91. The molecule has 5 nitrogen and oxygen atoms in total. The van der Waals surface area contributed by atoms with Gasteiger partial charge < -0.3 is 14.0 Å². The molecule has 0 fully saturated rings. The maximum atomic E-state index is 11.4. The van der Waals surface area contributed by atoms with Crippen molar-refractivity contribution in [2.75, 3.05) is 14.2 Å². The number of benzene rings is 1. The molecule has 0 amide bonds. The molecule has 0 N–H and O–H groups in total. The van der Waals surface area contributed by atoms with E-state index in [0.717, 1.165) is 10.9 Å². The van der Waals surface area contributed by atoms with Crippen LogP contribution < -0.4 is 0 Å². The lowest BCUT2D eigenvalue weighted by Gasteiger charge is -2.05. The lowest BCUT2D eigenvalue weighted by atomic mass is 10.1. The van der Waals surface area contributed by atoms with Gasteiger partial charge in [-0.05, 0) is 23.6 Å². The first-order valence-corrected chi connectivity index (χ1v) is 5.39. The van der Waals surface area contributed by atoms with E-state index in [1.54, 1.807) is 22.9 Å². The molecule has 0 unspecified atom stereocenters. The molecule has 0 aliphatic carbocycles. The van der Waals surface area contributed by atoms with Crippen LogP contribution in [0.3, 0.4) is 0 Å². The minimum absolute atomic E-state index is 0.116. The predicted molar refractivity (Wildman–Crippen MR) is 65.3 cm³/mol. The molecule has 0 saturated carbocycles. The molecule has 0 saturated heterocycles. The Morgan fingerprint density at radius 3 is 2.61 bits per heavy atom. The Balaban J connectivity index is 2.43. The van der Waals surface area contributed by atoms with Crippen molar-refractivity contribution < 1.29 is 19.1 Å². The van der Waals surface area contributed by atoms with Crippen LogP contribution in [0.15, 0.2) is 30.5 Å². The van der Waals surface area contributed by atoms with Crippen LogP contribution >= 0.6 is 0 Å². The fourth-order valence-electron chi connectivity index (χ4n) is 1.77. The number of fused-ring (bicyclic) bond motifs is 1. The SMILES string of the molecule is COC(=O)Cn1ccc2ccc(C(=O)OC)cc21. The lowest BCUT2D eigenvalue weighted by Crippen LogP contribution is -2.10. The molecule has 0 spiro atoms. The number of rotatable bonds is 3. The second-order valence-corrected chi connectivity index (χ2v) is 3.78. The summed E-state index contributed by atoms with van der Waals surface area (Å²) in [6, 6.07) is 7.08. The summed E-state index contributed by atoms with van der Waals surface area (Å²) in [4.78, 5) is 22.7. The number of carbonyl (C=O) groups is 2. The Bertz CT molecular complexity index is 600. The topological polar surface area (TPSA) is 57.5 Å². The van der Waals surface area contributed by atoms with Crippen molar-refractivity contribution in [3.63, 3.8) is 0 Å². The van der Waals surface area contributed by atoms with E-state index in [0.29, 0.717) is 5.56 Å². The second-order valence-electron chi connectivity index (χ2n) is 3.78. The van der Waals surface area contributed by atoms with Gasteiger partial charge in [0.05, 0.1) is 19.8 Å². The van der Waals surface area contributed by atoms with Crippen molar-refractivity contribution in [1.82, 2.24) is 4.57 Å². The third kappa shape index (κ3) is 2.20. The average molecular weight is 247 g/mol. The molecule has 1 aromatic carbocycles. The van der Waals surface area contributed by atoms with Crippen molar-refractivity contribution in [2.45, 2.75) is 6.54 Å². The van der Waals surface area contributed by atoms with Gasteiger partial charge in [0.1, 0.15) is 6.54 Å². The molecule has 5 heteroatoms. The Morgan fingerprint density at radius 2 is 1.94 bits per heavy atom. The van der Waals surface area contributed by atoms with E-state index in [9.17, 15) is 9.59 Å². The Morgan fingerprint density at radius 1 is 1.17 bits per heavy atom. The van der Waals surface area contributed by atoms with Gasteiger partial charge in [-0.1, -0.05) is 6.07 Å². The van der Waals surface area contributed by atoms with Gasteiger partial charge in [-0.15, -0.1) is 0 Å². The fourth-order valence-corrected chi connectivity index (χ4v) is 1.77. The molecular weight excluding hydrogens is 234 g/mol. The summed E-state index contributed by atoms with van der Waals surface area (Å²) < 4.78 is 11.0. The fraction of sp³-hybridized carbons (Fsp3) is 0.231. The summed E-state index contributed by atoms with van der Waals surface area (Å²) in [6.45, 7) is 0.116. The van der Waals surface area contributed by atoms with Gasteiger partial charge in [0.15, 0.2) is 0 Å². The minimum Gasteiger partial charge on any atom is -0.468 e. The number of esters is 2. The van der Waals surface area contributed by atoms with E-state index < -0.39 is 5.97 Å². The van der Waals surface area contributed by atoms with E-state index in [-0.39, 0.29) is 12.5 Å². The van der Waals surface area contributed by atoms with Crippen LogP contribution in [0, 0.1) is 0 Å². The molecule has 1 heterocycles. The van der Waals surface area contributed by atoms with Crippen LogP contribution in [0.4, 0.5) is 0 Å². The van der Waals surface area contributed by atoms with Crippen molar-refractivity contribution in [3.8, 4) is 0 Å². The molecule has 0 radical (unpaired) electrons. The monoisotopic (exact) mass is 247 g/mol. The largest absolute Gasteiger partial charge is 0.468 e. The summed E-state index contributed by atoms with van der Waals surface area (Å²) in [6.07, 6.45) is 1.78. The summed E-state index contributed by atoms with van der Waals surface area (Å²) in [5, 5.41) is 0.951. The number of carbonyl (C=O) groups excluding carboxylic acids is 2. The van der Waals surface area contributed by atoms with Crippen LogP contribution in [-0.2, 0) is 20.8 Å². The average Bonchev–Trinajstić information content (AvgIpc) is 2.80. The van der Waals surface area contributed by atoms with Gasteiger partial charge in [-0.2, -0.15) is 0 Å². The van der Waals surface area contributed by atoms with E-state index >= 15 is 0 Å². The highest BCUT2D eigenvalue weighted by Crippen LogP contribution is 2.18. The molecule has 0 aliphatic rings. The van der Waals surface area contributed by atoms with Crippen LogP contribution in [0.2, 0.25) is 0 Å². The quantitative estimate of drug-likeness (QED) is 0.773. The first-order valence-electron chi connectivity index (χ1n) is 5.39. The Hall–Kier alpha value is -2.30. The standard InChI is InChI=1S/C13H13NO4/c1-17-12(15)8-14-6-5-9-3-4-10(7-11(9)14)13(16)18-2/h3-7H,8H2,1-2H3. The smallest absolute Gasteiger partial charge is 0.337 e. The highest BCUT2D eigenvalue weighted by molar-refractivity contribution is 5.94. The molecule has 1 aromatic heterocycles. The van der Waals surface area contributed by atoms with Crippen molar-refractivity contribution in [1.29, 1.82) is 0 Å². The van der Waals surface area contributed by atoms with Gasteiger partial charge >= 0.3 is 11.9 Å². The third-order valence-electron chi connectivity index (χ3n) is 2.72. The maximum Gasteiger partial charge on any atom is 0.337 e. The molecule has 2 aromatic rings. The van der Waals surface area contributed by atoms with E-state index in [1.807, 2.05) is 12.1 Å². The highest BCUT2D eigenvalue weighted by Gasteiger charge is 2.10. The summed E-state index contributed by atoms with van der Waals surface area (Å²) in [5.74, 6) is -0.737. The Labute approximate surface area is 104 Å². The van der Waals surface area contributed by atoms with Gasteiger partial charge in [0.25, 0.3) is 0 Å². The molecule has 2 rings (SSSR count). The van der Waals surface area contributed by atoms with Crippen LogP contribution in [-0.4, -0.2) is 30.7 Å². The minimum atomic E-state index is -0.400. The molecule has 0 bridgehead atoms. The van der Waals surface area contributed by atoms with Crippen LogP contribution in [0.5, 0.6) is 0 Å². The first-order chi connectivity index (χ1) is 8.65. The van der Waals surface area contributed by atoms with Crippen LogP contribution in [0.25, 0.3) is 10.9 Å². The number of ether oxygens (including phenoxy) is 2. The molecule has 94 valence electrons. The molecule has 0 aliphatic heterocycles. The van der Waals surface area contributed by atoms with Crippen molar-refractivity contribution in [3.05, 3.63) is 36.0 Å². The highest BCUT2D eigenvalue weighted by atomic mass is 16.5. The maximum absolute atomic E-state index is 11.4. The van der Waals surface area contributed by atoms with Crippen molar-refractivity contribution in [2.24, 2.45) is 0 Å². The first kappa shape index (κ1) is 12.2. The number of methoxy groups -OCH3 is 2. The molecule has 18 heavy (non-hydrogen) atoms. The zero-order chi connectivity index (χ0) is 13.1. The zero-order valence-corrected chi connectivity index (χ0v) is 10.2. The lowest BCUT2D eigenvalue weighted by molar-refractivity contribution is -0.141. The van der Waals surface area contributed by atoms with E-state index in [1.165, 1.54) is 14.2 Å². The summed E-state index contributed by atoms with van der Waals surface area (Å²) >= 11 is 0. The number of hydrogen-bond donors (Lipinski definition) is 0. The van der Waals surface area contributed by atoms with Crippen molar-refractivity contribution >= 4 is 22.8 Å². The summed E-state index contributed by atoms with van der Waals surface area (Å²) in [5.41, 5.74) is 1.25. The normalized spacial score (nSPS) is 10.3.